The third-order valence-electron chi connectivity index (χ3n) is 2.57. The van der Waals surface area contributed by atoms with E-state index in [1.165, 1.54) is 13.8 Å². The molecule has 1 aromatic rings. The van der Waals surface area contributed by atoms with Crippen molar-refractivity contribution < 1.29 is 19.5 Å². The van der Waals surface area contributed by atoms with Crippen LogP contribution in [-0.2, 0) is 20.8 Å². The largest absolute Gasteiger partial charge is 0.480 e. The van der Waals surface area contributed by atoms with Crippen LogP contribution in [0.15, 0.2) is 30.3 Å². The van der Waals surface area contributed by atoms with E-state index in [9.17, 15) is 14.4 Å². The fourth-order valence-corrected chi connectivity index (χ4v) is 2.01. The van der Waals surface area contributed by atoms with E-state index in [-0.39, 0.29) is 12.2 Å². The second-order valence-electron chi connectivity index (χ2n) is 4.74. The Morgan fingerprint density at radius 3 is 2.30 bits per heavy atom. The highest BCUT2D eigenvalue weighted by molar-refractivity contribution is 8.01. The molecule has 0 atom stereocenters. The topological polar surface area (TPSA) is 83.5 Å². The number of carbonyl (C=O) groups excluding carboxylic acids is 2. The Bertz CT molecular complexity index is 499. The van der Waals surface area contributed by atoms with Gasteiger partial charge in [-0.3, -0.25) is 19.7 Å². The van der Waals surface area contributed by atoms with E-state index in [0.29, 0.717) is 0 Å². The van der Waals surface area contributed by atoms with Gasteiger partial charge in [-0.25, -0.2) is 0 Å². The average Bonchev–Trinajstić information content (AvgIpc) is 2.37. The van der Waals surface area contributed by atoms with Crippen LogP contribution >= 0.6 is 11.8 Å². The first-order valence-electron chi connectivity index (χ1n) is 6.05. The highest BCUT2D eigenvalue weighted by atomic mass is 32.2. The fourth-order valence-electron chi connectivity index (χ4n) is 1.32. The molecule has 0 radical (unpaired) electrons. The second-order valence-corrected chi connectivity index (χ2v) is 6.34. The number of carboxylic acids is 1. The molecule has 0 saturated carbocycles. The second kappa shape index (κ2) is 7.09. The van der Waals surface area contributed by atoms with E-state index in [1.54, 1.807) is 12.1 Å². The fraction of sp³-hybridized carbons (Fsp3) is 0.357. The number of carboxylic acid groups (broad SMARTS) is 1. The van der Waals surface area contributed by atoms with Gasteiger partial charge in [-0.2, -0.15) is 0 Å². The number of hydrogen-bond acceptors (Lipinski definition) is 4. The normalized spacial score (nSPS) is 10.9. The van der Waals surface area contributed by atoms with Gasteiger partial charge in [0.2, 0.25) is 11.8 Å². The molecule has 1 aromatic carbocycles. The number of benzene rings is 1. The molecule has 0 aromatic heterocycles. The van der Waals surface area contributed by atoms with Crippen LogP contribution in [0.3, 0.4) is 0 Å². The van der Waals surface area contributed by atoms with E-state index in [0.717, 1.165) is 17.3 Å². The van der Waals surface area contributed by atoms with Crippen LogP contribution in [0.1, 0.15) is 19.4 Å². The summed E-state index contributed by atoms with van der Waals surface area (Å²) in [5, 5.41) is 11.2. The van der Waals surface area contributed by atoms with Crippen molar-refractivity contribution >= 4 is 29.5 Å². The molecular weight excluding hydrogens is 278 g/mol. The standard InChI is InChI=1S/C14H17NO4S/c1-14(2,13(18)19)20-9-12(17)15-11(16)8-10-6-4-3-5-7-10/h3-7H,8-9H2,1-2H3,(H,18,19)(H,15,16,17). The number of amides is 2. The molecular formula is C14H17NO4S. The zero-order valence-corrected chi connectivity index (χ0v) is 12.2. The molecule has 0 aliphatic rings. The van der Waals surface area contributed by atoms with Gasteiger partial charge in [-0.15, -0.1) is 11.8 Å². The van der Waals surface area contributed by atoms with Crippen molar-refractivity contribution in [2.45, 2.75) is 25.0 Å². The number of carbonyl (C=O) groups is 3. The minimum Gasteiger partial charge on any atom is -0.480 e. The SMILES string of the molecule is CC(C)(SCC(=O)NC(=O)Cc1ccccc1)C(=O)O. The van der Waals surface area contributed by atoms with E-state index in [1.807, 2.05) is 18.2 Å². The number of nitrogens with one attached hydrogen (secondary N) is 1. The molecule has 5 nitrogen and oxygen atoms in total. The molecule has 2 N–H and O–H groups in total. The summed E-state index contributed by atoms with van der Waals surface area (Å²) in [5.41, 5.74) is 0.816. The minimum absolute atomic E-state index is 0.0696. The lowest BCUT2D eigenvalue weighted by Crippen LogP contribution is -2.35. The Labute approximate surface area is 121 Å². The van der Waals surface area contributed by atoms with E-state index < -0.39 is 22.5 Å². The first-order valence-corrected chi connectivity index (χ1v) is 7.04. The van der Waals surface area contributed by atoms with Crippen molar-refractivity contribution in [1.29, 1.82) is 0 Å². The van der Waals surface area contributed by atoms with Gasteiger partial charge in [0.05, 0.1) is 12.2 Å². The van der Waals surface area contributed by atoms with Gasteiger partial charge in [0.1, 0.15) is 4.75 Å². The van der Waals surface area contributed by atoms with E-state index in [2.05, 4.69) is 5.32 Å². The van der Waals surface area contributed by atoms with Gasteiger partial charge in [-0.05, 0) is 19.4 Å². The maximum Gasteiger partial charge on any atom is 0.319 e. The summed E-state index contributed by atoms with van der Waals surface area (Å²) < 4.78 is -1.06. The molecule has 0 unspecified atom stereocenters. The smallest absolute Gasteiger partial charge is 0.319 e. The summed E-state index contributed by atoms with van der Waals surface area (Å²) in [6.45, 7) is 3.03. The van der Waals surface area contributed by atoms with Crippen LogP contribution < -0.4 is 5.32 Å². The molecule has 0 spiro atoms. The summed E-state index contributed by atoms with van der Waals surface area (Å²) in [4.78, 5) is 34.1. The molecule has 6 heteroatoms. The lowest BCUT2D eigenvalue weighted by Gasteiger charge is -2.17. The highest BCUT2D eigenvalue weighted by Crippen LogP contribution is 2.23. The average molecular weight is 295 g/mol. The Kier molecular flexibility index (Phi) is 5.76. The summed E-state index contributed by atoms with van der Waals surface area (Å²) in [6, 6.07) is 9.07. The lowest BCUT2D eigenvalue weighted by atomic mass is 10.1. The molecule has 0 aliphatic carbocycles. The Hall–Kier alpha value is -1.82. The van der Waals surface area contributed by atoms with Gasteiger partial charge >= 0.3 is 5.97 Å². The number of imide groups is 1. The monoisotopic (exact) mass is 295 g/mol. The number of rotatable bonds is 6. The van der Waals surface area contributed by atoms with Crippen molar-refractivity contribution in [3.63, 3.8) is 0 Å². The quantitative estimate of drug-likeness (QED) is 0.830. The number of hydrogen-bond donors (Lipinski definition) is 2. The molecule has 0 bridgehead atoms. The van der Waals surface area contributed by atoms with E-state index in [4.69, 9.17) is 5.11 Å². The van der Waals surface area contributed by atoms with Crippen molar-refractivity contribution in [2.24, 2.45) is 0 Å². The van der Waals surface area contributed by atoms with Crippen LogP contribution in [0.4, 0.5) is 0 Å². The van der Waals surface area contributed by atoms with E-state index >= 15 is 0 Å². The van der Waals surface area contributed by atoms with Gasteiger partial charge in [0.25, 0.3) is 0 Å². The van der Waals surface area contributed by atoms with Gasteiger partial charge < -0.3 is 5.11 Å². The predicted molar refractivity (Wildman–Crippen MR) is 77.5 cm³/mol. The third kappa shape index (κ3) is 5.44. The predicted octanol–water partition coefficient (Wildman–Crippen LogP) is 1.47. The van der Waals surface area contributed by atoms with Crippen molar-refractivity contribution in [1.82, 2.24) is 5.32 Å². The molecule has 0 heterocycles. The van der Waals surface area contributed by atoms with Crippen molar-refractivity contribution in [3.05, 3.63) is 35.9 Å². The van der Waals surface area contributed by atoms with Crippen molar-refractivity contribution in [3.8, 4) is 0 Å². The Balaban J connectivity index is 2.39. The van der Waals surface area contributed by atoms with Crippen LogP contribution in [0.2, 0.25) is 0 Å². The molecule has 108 valence electrons. The number of thioether (sulfide) groups is 1. The van der Waals surface area contributed by atoms with Gasteiger partial charge in [0, 0.05) is 0 Å². The van der Waals surface area contributed by atoms with Gasteiger partial charge in [0.15, 0.2) is 0 Å². The van der Waals surface area contributed by atoms with Crippen LogP contribution in [0.25, 0.3) is 0 Å². The molecule has 0 saturated heterocycles. The molecule has 1 rings (SSSR count). The first kappa shape index (κ1) is 16.2. The zero-order valence-electron chi connectivity index (χ0n) is 11.4. The first-order chi connectivity index (χ1) is 9.31. The molecule has 0 aliphatic heterocycles. The summed E-state index contributed by atoms with van der Waals surface area (Å²) in [5.74, 6) is -1.94. The highest BCUT2D eigenvalue weighted by Gasteiger charge is 2.28. The van der Waals surface area contributed by atoms with Crippen LogP contribution in [0.5, 0.6) is 0 Å². The summed E-state index contributed by atoms with van der Waals surface area (Å²) >= 11 is 0.979. The summed E-state index contributed by atoms with van der Waals surface area (Å²) in [7, 11) is 0. The zero-order chi connectivity index (χ0) is 15.2. The van der Waals surface area contributed by atoms with Crippen LogP contribution in [-0.4, -0.2) is 33.4 Å². The molecule has 0 fully saturated rings. The maximum atomic E-state index is 11.6. The van der Waals surface area contributed by atoms with Crippen LogP contribution in [0, 0.1) is 0 Å². The Morgan fingerprint density at radius 2 is 1.75 bits per heavy atom. The third-order valence-corrected chi connectivity index (χ3v) is 3.87. The Morgan fingerprint density at radius 1 is 1.15 bits per heavy atom. The molecule has 2 amide bonds. The van der Waals surface area contributed by atoms with Crippen molar-refractivity contribution in [2.75, 3.05) is 5.75 Å². The van der Waals surface area contributed by atoms with Gasteiger partial charge in [-0.1, -0.05) is 30.3 Å². The summed E-state index contributed by atoms with van der Waals surface area (Å²) in [6.07, 6.45) is 0.125. The molecule has 20 heavy (non-hydrogen) atoms. The minimum atomic E-state index is -1.06. The lowest BCUT2D eigenvalue weighted by molar-refractivity contribution is -0.138. The number of aliphatic carboxylic acids is 1. The maximum absolute atomic E-state index is 11.6.